The number of amides is 1. The van der Waals surface area contributed by atoms with Crippen molar-refractivity contribution in [2.75, 3.05) is 6.54 Å². The van der Waals surface area contributed by atoms with Crippen LogP contribution < -0.4 is 5.32 Å². The molecular formula is C19H21FN2O. The highest BCUT2D eigenvalue weighted by Crippen LogP contribution is 2.28. The van der Waals surface area contributed by atoms with Crippen LogP contribution in [0.15, 0.2) is 54.6 Å². The van der Waals surface area contributed by atoms with Crippen LogP contribution in [-0.2, 0) is 17.9 Å². The fourth-order valence-electron chi connectivity index (χ4n) is 2.61. The first-order chi connectivity index (χ1) is 11.2. The third-order valence-electron chi connectivity index (χ3n) is 4.04. The van der Waals surface area contributed by atoms with Crippen LogP contribution in [0, 0.1) is 5.82 Å². The van der Waals surface area contributed by atoms with Gasteiger partial charge in [0.2, 0.25) is 5.91 Å². The van der Waals surface area contributed by atoms with E-state index < -0.39 is 0 Å². The largest absolute Gasteiger partial charge is 0.351 e. The fourth-order valence-corrected chi connectivity index (χ4v) is 2.61. The lowest BCUT2D eigenvalue weighted by Gasteiger charge is -2.21. The topological polar surface area (TPSA) is 32.3 Å². The number of halogens is 1. The molecule has 0 aromatic heterocycles. The molecule has 120 valence electrons. The number of carbonyl (C=O) groups is 1. The minimum absolute atomic E-state index is 0.0304. The molecule has 1 aliphatic rings. The highest BCUT2D eigenvalue weighted by atomic mass is 19.1. The van der Waals surface area contributed by atoms with E-state index in [-0.39, 0.29) is 11.7 Å². The van der Waals surface area contributed by atoms with Gasteiger partial charge in [-0.2, -0.15) is 0 Å². The molecule has 3 nitrogen and oxygen atoms in total. The van der Waals surface area contributed by atoms with Crippen molar-refractivity contribution >= 4 is 5.91 Å². The van der Waals surface area contributed by atoms with Crippen LogP contribution in [0.3, 0.4) is 0 Å². The van der Waals surface area contributed by atoms with E-state index in [1.165, 1.54) is 12.1 Å². The third-order valence-corrected chi connectivity index (χ3v) is 4.04. The van der Waals surface area contributed by atoms with Gasteiger partial charge in [-0.05, 0) is 36.1 Å². The van der Waals surface area contributed by atoms with Crippen LogP contribution in [0.25, 0.3) is 0 Å². The molecule has 0 saturated heterocycles. The minimum atomic E-state index is -0.229. The van der Waals surface area contributed by atoms with Gasteiger partial charge in [-0.25, -0.2) is 4.39 Å². The molecule has 2 aromatic carbocycles. The van der Waals surface area contributed by atoms with Crippen LogP contribution in [0.2, 0.25) is 0 Å². The number of carbonyl (C=O) groups excluding carboxylic acids is 1. The Labute approximate surface area is 136 Å². The lowest BCUT2D eigenvalue weighted by molar-refractivity contribution is -0.122. The highest BCUT2D eigenvalue weighted by Gasteiger charge is 2.30. The highest BCUT2D eigenvalue weighted by molar-refractivity contribution is 5.78. The molecule has 1 fully saturated rings. The smallest absolute Gasteiger partial charge is 0.234 e. The van der Waals surface area contributed by atoms with Crippen LogP contribution >= 0.6 is 0 Å². The van der Waals surface area contributed by atoms with Gasteiger partial charge in [0.15, 0.2) is 0 Å². The Morgan fingerprint density at radius 1 is 1.04 bits per heavy atom. The first-order valence-electron chi connectivity index (χ1n) is 8.00. The van der Waals surface area contributed by atoms with E-state index in [9.17, 15) is 9.18 Å². The molecule has 1 aliphatic carbocycles. The molecule has 2 aromatic rings. The first-order valence-corrected chi connectivity index (χ1v) is 8.00. The second kappa shape index (κ2) is 7.38. The maximum Gasteiger partial charge on any atom is 0.234 e. The summed E-state index contributed by atoms with van der Waals surface area (Å²) in [5.41, 5.74) is 2.13. The number of nitrogens with one attached hydrogen (secondary N) is 1. The number of hydrogen-bond donors (Lipinski definition) is 1. The Bertz CT molecular complexity index is 638. The molecule has 3 rings (SSSR count). The number of rotatable bonds is 7. The van der Waals surface area contributed by atoms with Crippen molar-refractivity contribution in [3.8, 4) is 0 Å². The average Bonchev–Trinajstić information content (AvgIpc) is 3.40. The van der Waals surface area contributed by atoms with Crippen molar-refractivity contribution in [3.05, 3.63) is 71.5 Å². The van der Waals surface area contributed by atoms with E-state index in [1.54, 1.807) is 12.1 Å². The normalized spacial score (nSPS) is 14.0. The lowest BCUT2D eigenvalue weighted by Crippen LogP contribution is -2.37. The SMILES string of the molecule is O=C(CN(Cc1ccc(F)cc1)C1CC1)NCc1ccccc1. The summed E-state index contributed by atoms with van der Waals surface area (Å²) in [7, 11) is 0. The molecular weight excluding hydrogens is 291 g/mol. The summed E-state index contributed by atoms with van der Waals surface area (Å²) in [6.45, 7) is 1.62. The zero-order valence-corrected chi connectivity index (χ0v) is 13.0. The molecule has 0 spiro atoms. The average molecular weight is 312 g/mol. The predicted octanol–water partition coefficient (Wildman–Crippen LogP) is 3.11. The second-order valence-electron chi connectivity index (χ2n) is 6.02. The summed E-state index contributed by atoms with van der Waals surface area (Å²) in [6, 6.07) is 16.9. The first kappa shape index (κ1) is 15.7. The van der Waals surface area contributed by atoms with Gasteiger partial charge in [0, 0.05) is 19.1 Å². The van der Waals surface area contributed by atoms with Gasteiger partial charge >= 0.3 is 0 Å². The molecule has 0 aliphatic heterocycles. The lowest BCUT2D eigenvalue weighted by atomic mass is 10.2. The summed E-state index contributed by atoms with van der Waals surface area (Å²) >= 11 is 0. The van der Waals surface area contributed by atoms with Crippen LogP contribution in [0.4, 0.5) is 4.39 Å². The molecule has 0 atom stereocenters. The van der Waals surface area contributed by atoms with Gasteiger partial charge in [-0.3, -0.25) is 9.69 Å². The van der Waals surface area contributed by atoms with Crippen molar-refractivity contribution in [2.24, 2.45) is 0 Å². The number of nitrogens with zero attached hydrogens (tertiary/aromatic N) is 1. The fraction of sp³-hybridized carbons (Fsp3) is 0.316. The second-order valence-corrected chi connectivity index (χ2v) is 6.02. The summed E-state index contributed by atoms with van der Waals surface area (Å²) in [5, 5.41) is 2.97. The molecule has 1 saturated carbocycles. The van der Waals surface area contributed by atoms with Crippen molar-refractivity contribution in [1.29, 1.82) is 0 Å². The molecule has 23 heavy (non-hydrogen) atoms. The van der Waals surface area contributed by atoms with Gasteiger partial charge in [-0.15, -0.1) is 0 Å². The van der Waals surface area contributed by atoms with Crippen molar-refractivity contribution in [1.82, 2.24) is 10.2 Å². The summed E-state index contributed by atoms with van der Waals surface area (Å²) in [4.78, 5) is 14.4. The molecule has 4 heteroatoms. The molecule has 1 amide bonds. The van der Waals surface area contributed by atoms with E-state index in [0.29, 0.717) is 25.7 Å². The van der Waals surface area contributed by atoms with Gasteiger partial charge in [-0.1, -0.05) is 42.5 Å². The number of hydrogen-bond acceptors (Lipinski definition) is 2. The van der Waals surface area contributed by atoms with E-state index >= 15 is 0 Å². The van der Waals surface area contributed by atoms with Crippen LogP contribution in [0.5, 0.6) is 0 Å². The van der Waals surface area contributed by atoms with Gasteiger partial charge < -0.3 is 5.32 Å². The quantitative estimate of drug-likeness (QED) is 0.852. The van der Waals surface area contributed by atoms with Crippen molar-refractivity contribution in [2.45, 2.75) is 32.0 Å². The van der Waals surface area contributed by atoms with Crippen molar-refractivity contribution < 1.29 is 9.18 Å². The monoisotopic (exact) mass is 312 g/mol. The van der Waals surface area contributed by atoms with Crippen LogP contribution in [0.1, 0.15) is 24.0 Å². The zero-order chi connectivity index (χ0) is 16.1. The maximum absolute atomic E-state index is 13.0. The van der Waals surface area contributed by atoms with Crippen molar-refractivity contribution in [3.63, 3.8) is 0 Å². The van der Waals surface area contributed by atoms with E-state index in [0.717, 1.165) is 24.0 Å². The molecule has 0 bridgehead atoms. The Morgan fingerprint density at radius 2 is 1.74 bits per heavy atom. The summed E-state index contributed by atoms with van der Waals surface area (Å²) in [6.07, 6.45) is 2.26. The molecule has 0 unspecified atom stereocenters. The Morgan fingerprint density at radius 3 is 2.39 bits per heavy atom. The number of benzene rings is 2. The zero-order valence-electron chi connectivity index (χ0n) is 13.0. The predicted molar refractivity (Wildman–Crippen MR) is 88.1 cm³/mol. The minimum Gasteiger partial charge on any atom is -0.351 e. The maximum atomic E-state index is 13.0. The van der Waals surface area contributed by atoms with Crippen LogP contribution in [-0.4, -0.2) is 23.4 Å². The van der Waals surface area contributed by atoms with E-state index in [1.807, 2.05) is 30.3 Å². The Hall–Kier alpha value is -2.20. The van der Waals surface area contributed by atoms with Gasteiger partial charge in [0.25, 0.3) is 0 Å². The Balaban J connectivity index is 1.52. The summed E-state index contributed by atoms with van der Waals surface area (Å²) in [5.74, 6) is -0.199. The third kappa shape index (κ3) is 4.89. The molecule has 1 N–H and O–H groups in total. The molecule has 0 heterocycles. The van der Waals surface area contributed by atoms with E-state index in [4.69, 9.17) is 0 Å². The van der Waals surface area contributed by atoms with E-state index in [2.05, 4.69) is 10.2 Å². The van der Waals surface area contributed by atoms with Gasteiger partial charge in [0.05, 0.1) is 6.54 Å². The molecule has 0 radical (unpaired) electrons. The summed E-state index contributed by atoms with van der Waals surface area (Å²) < 4.78 is 13.0. The van der Waals surface area contributed by atoms with Gasteiger partial charge in [0.1, 0.15) is 5.82 Å². The standard InChI is InChI=1S/C19H21FN2O/c20-17-8-6-16(7-9-17)13-22(18-10-11-18)14-19(23)21-12-15-4-2-1-3-5-15/h1-9,18H,10-14H2,(H,21,23). The Kier molecular flexibility index (Phi) is 5.03.